The van der Waals surface area contributed by atoms with Crippen molar-refractivity contribution in [2.24, 2.45) is 52.3 Å². The quantitative estimate of drug-likeness (QED) is 0.593. The summed E-state index contributed by atoms with van der Waals surface area (Å²) in [5, 5.41) is 3.31. The van der Waals surface area contributed by atoms with Crippen LogP contribution in [0.4, 0.5) is 0 Å². The molecule has 208 valence electrons. The van der Waals surface area contributed by atoms with Crippen LogP contribution in [0.25, 0.3) is 0 Å². The normalized spacial score (nSPS) is 52.9. The van der Waals surface area contributed by atoms with Crippen LogP contribution in [0.15, 0.2) is 0 Å². The molecule has 2 saturated heterocycles. The van der Waals surface area contributed by atoms with Crippen molar-refractivity contribution in [2.45, 2.75) is 103 Å². The third-order valence-electron chi connectivity index (χ3n) is 12.6. The van der Waals surface area contributed by atoms with E-state index in [4.69, 9.17) is 9.47 Å². The van der Waals surface area contributed by atoms with E-state index >= 15 is 0 Å². The molecule has 0 unspecified atom stereocenters. The monoisotopic (exact) mass is 514 g/mol. The topological polar surface area (TPSA) is 67.9 Å². The van der Waals surface area contributed by atoms with Gasteiger partial charge in [-0.1, -0.05) is 27.7 Å². The zero-order valence-electron chi connectivity index (χ0n) is 24.1. The second-order valence-corrected chi connectivity index (χ2v) is 14.8. The molecule has 4 saturated carbocycles. The first kappa shape index (κ1) is 26.3. The Kier molecular flexibility index (Phi) is 6.40. The molecule has 6 aliphatic rings. The lowest BCUT2D eigenvalue weighted by atomic mass is 9.44. The minimum absolute atomic E-state index is 0.136. The van der Waals surface area contributed by atoms with Crippen molar-refractivity contribution in [1.29, 1.82) is 0 Å². The van der Waals surface area contributed by atoms with Gasteiger partial charge in [0.25, 0.3) is 0 Å². The van der Waals surface area contributed by atoms with Crippen LogP contribution in [0.1, 0.15) is 85.5 Å². The first-order valence-corrected chi connectivity index (χ1v) is 15.3. The molecule has 0 aromatic rings. The second-order valence-electron chi connectivity index (χ2n) is 14.8. The van der Waals surface area contributed by atoms with E-state index in [2.05, 4.69) is 33.0 Å². The van der Waals surface area contributed by atoms with Gasteiger partial charge < -0.3 is 19.7 Å². The van der Waals surface area contributed by atoms with Crippen LogP contribution in [0.3, 0.4) is 0 Å². The van der Waals surface area contributed by atoms with Gasteiger partial charge >= 0.3 is 0 Å². The number of nitrogens with zero attached hydrogens (tertiary/aromatic N) is 1. The highest BCUT2D eigenvalue weighted by Crippen LogP contribution is 2.70. The maximum Gasteiger partial charge on any atom is 0.234 e. The average molecular weight is 515 g/mol. The zero-order valence-corrected chi connectivity index (χ0v) is 24.1. The number of likely N-dealkylation sites (N-methyl/N-ethyl adjacent to an activating group) is 1. The summed E-state index contributed by atoms with van der Waals surface area (Å²) in [6.07, 6.45) is 9.74. The molecule has 2 heterocycles. The molecule has 12 atom stereocenters. The first-order chi connectivity index (χ1) is 17.5. The minimum atomic E-state index is -0.466. The number of nitrogens with one attached hydrogen (secondary N) is 1. The van der Waals surface area contributed by atoms with Gasteiger partial charge in [0.2, 0.25) is 5.91 Å². The van der Waals surface area contributed by atoms with Gasteiger partial charge in [-0.05, 0) is 94.0 Å². The number of hydrogen-bond donors (Lipinski definition) is 1. The average Bonchev–Trinajstić information content (AvgIpc) is 3.28. The highest BCUT2D eigenvalue weighted by atomic mass is 16.7. The van der Waals surface area contributed by atoms with Crippen LogP contribution in [0.2, 0.25) is 0 Å². The number of carbonyl (C=O) groups excluding carboxylic acids is 2. The minimum Gasteiger partial charge on any atom is -0.352 e. The number of hydrogen-bond acceptors (Lipinski definition) is 5. The zero-order chi connectivity index (χ0) is 26.3. The molecule has 37 heavy (non-hydrogen) atoms. The summed E-state index contributed by atoms with van der Waals surface area (Å²) in [5.41, 5.74) is -0.0710. The van der Waals surface area contributed by atoms with E-state index in [1.807, 2.05) is 19.0 Å². The molecule has 1 amide bonds. The number of amides is 1. The lowest BCUT2D eigenvalue weighted by Crippen LogP contribution is -2.59. The molecule has 1 N–H and O–H groups in total. The fraction of sp³-hybridized carbons (Fsp3) is 0.935. The fourth-order valence-electron chi connectivity index (χ4n) is 10.6. The standard InChI is InChI=1S/C31H50N2O4/c1-18-9-12-31(36-17-18)19(2)28-25(37-31)14-24-22-8-7-20-13-21(32-27(35)16-33(5)6)10-11-29(20,3)23(22)15-26(34)30(24,28)4/h18-25,28H,7-17H2,1-6H3,(H,32,35)/t18-,19+,20+,21-,22-,23+,24+,25+,28+,29+,30-,31-/m1/s1. The molecule has 0 aromatic heterocycles. The lowest BCUT2D eigenvalue weighted by molar-refractivity contribution is -0.272. The van der Waals surface area contributed by atoms with Crippen molar-refractivity contribution < 1.29 is 19.1 Å². The van der Waals surface area contributed by atoms with E-state index in [1.54, 1.807) is 0 Å². The van der Waals surface area contributed by atoms with Crippen LogP contribution in [-0.2, 0) is 19.1 Å². The van der Waals surface area contributed by atoms with E-state index in [9.17, 15) is 9.59 Å². The molecule has 4 aliphatic carbocycles. The number of carbonyl (C=O) groups is 2. The molecule has 2 aliphatic heterocycles. The number of ketones is 1. The molecule has 6 heteroatoms. The maximum atomic E-state index is 14.2. The largest absolute Gasteiger partial charge is 0.352 e. The highest BCUT2D eigenvalue weighted by molar-refractivity contribution is 5.87. The lowest BCUT2D eigenvalue weighted by Gasteiger charge is -2.60. The molecule has 0 radical (unpaired) electrons. The van der Waals surface area contributed by atoms with E-state index < -0.39 is 5.79 Å². The molecule has 1 spiro atoms. The van der Waals surface area contributed by atoms with E-state index in [0.29, 0.717) is 41.9 Å². The summed E-state index contributed by atoms with van der Waals surface area (Å²) in [6, 6.07) is 0.279. The van der Waals surface area contributed by atoms with Gasteiger partial charge in [0, 0.05) is 36.1 Å². The molecule has 6 fully saturated rings. The maximum absolute atomic E-state index is 14.2. The second kappa shape index (κ2) is 9.02. The Labute approximate surface area is 224 Å². The first-order valence-electron chi connectivity index (χ1n) is 15.3. The van der Waals surface area contributed by atoms with Crippen molar-refractivity contribution in [2.75, 3.05) is 27.2 Å². The Balaban J connectivity index is 1.19. The predicted molar refractivity (Wildman–Crippen MR) is 143 cm³/mol. The number of fused-ring (bicyclic) bond motifs is 7. The van der Waals surface area contributed by atoms with E-state index in [0.717, 1.165) is 51.6 Å². The Morgan fingerprint density at radius 3 is 2.54 bits per heavy atom. The smallest absolute Gasteiger partial charge is 0.234 e. The van der Waals surface area contributed by atoms with Crippen molar-refractivity contribution in [3.8, 4) is 0 Å². The fourth-order valence-corrected chi connectivity index (χ4v) is 10.6. The molecule has 6 rings (SSSR count). The van der Waals surface area contributed by atoms with E-state index in [-0.39, 0.29) is 40.7 Å². The number of Topliss-reactive ketones (excluding diaryl/α,β-unsaturated/α-hetero) is 1. The summed E-state index contributed by atoms with van der Waals surface area (Å²) >= 11 is 0. The van der Waals surface area contributed by atoms with Crippen molar-refractivity contribution in [3.63, 3.8) is 0 Å². The molecular weight excluding hydrogens is 464 g/mol. The molecule has 6 nitrogen and oxygen atoms in total. The van der Waals surface area contributed by atoms with Crippen molar-refractivity contribution >= 4 is 11.7 Å². The van der Waals surface area contributed by atoms with Gasteiger partial charge in [-0.15, -0.1) is 0 Å². The predicted octanol–water partition coefficient (Wildman–Crippen LogP) is 4.66. The van der Waals surface area contributed by atoms with Crippen LogP contribution in [0, 0.1) is 52.3 Å². The molecule has 0 aromatic carbocycles. The van der Waals surface area contributed by atoms with Crippen LogP contribution >= 0.6 is 0 Å². The van der Waals surface area contributed by atoms with Gasteiger partial charge in [-0.25, -0.2) is 0 Å². The third-order valence-corrected chi connectivity index (χ3v) is 12.6. The summed E-state index contributed by atoms with van der Waals surface area (Å²) < 4.78 is 13.3. The van der Waals surface area contributed by atoms with Crippen molar-refractivity contribution in [1.82, 2.24) is 10.2 Å². The Morgan fingerprint density at radius 1 is 1.05 bits per heavy atom. The Morgan fingerprint density at radius 2 is 1.84 bits per heavy atom. The van der Waals surface area contributed by atoms with Crippen molar-refractivity contribution in [3.05, 3.63) is 0 Å². The van der Waals surface area contributed by atoms with Gasteiger partial charge in [0.05, 0.1) is 19.3 Å². The van der Waals surface area contributed by atoms with Gasteiger partial charge in [0.1, 0.15) is 5.78 Å². The van der Waals surface area contributed by atoms with Crippen LogP contribution in [0.5, 0.6) is 0 Å². The van der Waals surface area contributed by atoms with Gasteiger partial charge in [-0.2, -0.15) is 0 Å². The molecule has 0 bridgehead atoms. The van der Waals surface area contributed by atoms with Crippen LogP contribution in [-0.4, -0.2) is 61.8 Å². The highest BCUT2D eigenvalue weighted by Gasteiger charge is 2.71. The van der Waals surface area contributed by atoms with Gasteiger partial charge in [-0.3, -0.25) is 9.59 Å². The summed E-state index contributed by atoms with van der Waals surface area (Å²) in [4.78, 5) is 28.6. The van der Waals surface area contributed by atoms with E-state index in [1.165, 1.54) is 12.8 Å². The summed E-state index contributed by atoms with van der Waals surface area (Å²) in [7, 11) is 3.89. The third kappa shape index (κ3) is 3.89. The van der Waals surface area contributed by atoms with Gasteiger partial charge in [0.15, 0.2) is 5.79 Å². The number of rotatable bonds is 3. The Bertz CT molecular complexity index is 928. The molecular formula is C31H50N2O4. The number of ether oxygens (including phenoxy) is 2. The SMILES string of the molecule is C[C@@H]1CC[C@@]2(OC1)O[C@H]1C[C@H]3[C@@H]4CC[C@H]5C[C@H](NC(=O)CN(C)C)CC[C@]5(C)[C@H]4CC(=O)[C@]3(C)[C@H]1[C@@H]2C. The summed E-state index contributed by atoms with van der Waals surface area (Å²) in [5.74, 6) is 3.45. The Hall–Kier alpha value is -0.980. The van der Waals surface area contributed by atoms with Crippen LogP contribution < -0.4 is 5.32 Å². The summed E-state index contributed by atoms with van der Waals surface area (Å²) in [6.45, 7) is 10.6.